The van der Waals surface area contributed by atoms with E-state index >= 15 is 0 Å². The van der Waals surface area contributed by atoms with Gasteiger partial charge in [-0.25, -0.2) is 4.98 Å². The van der Waals surface area contributed by atoms with Crippen molar-refractivity contribution in [2.24, 2.45) is 0 Å². The van der Waals surface area contributed by atoms with E-state index in [4.69, 9.17) is 14.2 Å². The van der Waals surface area contributed by atoms with Crippen LogP contribution in [0.2, 0.25) is 0 Å². The molecule has 0 spiro atoms. The van der Waals surface area contributed by atoms with E-state index in [2.05, 4.69) is 4.98 Å². The van der Waals surface area contributed by atoms with Crippen LogP contribution in [-0.4, -0.2) is 24.3 Å². The van der Waals surface area contributed by atoms with Gasteiger partial charge in [0.15, 0.2) is 0 Å². The number of hydrogen-bond donors (Lipinski definition) is 1. The molecule has 0 radical (unpaired) electrons. The van der Waals surface area contributed by atoms with E-state index in [9.17, 15) is 5.11 Å². The number of methoxy groups -OCH3 is 2. The number of ether oxygens (including phenoxy) is 3. The SMILES string of the molecule is COc1cc(OC)cc(Oc2cc(C(C)O)ccn2)c1. The highest BCUT2D eigenvalue weighted by Gasteiger charge is 2.07. The van der Waals surface area contributed by atoms with Crippen LogP contribution >= 0.6 is 0 Å². The summed E-state index contributed by atoms with van der Waals surface area (Å²) in [5, 5.41) is 9.56. The molecule has 0 saturated heterocycles. The van der Waals surface area contributed by atoms with Gasteiger partial charge in [0.2, 0.25) is 5.88 Å². The summed E-state index contributed by atoms with van der Waals surface area (Å²) >= 11 is 0. The number of aromatic nitrogens is 1. The summed E-state index contributed by atoms with van der Waals surface area (Å²) in [6.07, 6.45) is 1.02. The molecule has 0 aliphatic rings. The van der Waals surface area contributed by atoms with Gasteiger partial charge in [-0.2, -0.15) is 0 Å². The highest BCUT2D eigenvalue weighted by atomic mass is 16.5. The fourth-order valence-corrected chi connectivity index (χ4v) is 1.70. The van der Waals surface area contributed by atoms with Crippen molar-refractivity contribution < 1.29 is 19.3 Å². The summed E-state index contributed by atoms with van der Waals surface area (Å²) in [4.78, 5) is 4.11. The first-order valence-electron chi connectivity index (χ1n) is 6.17. The smallest absolute Gasteiger partial charge is 0.219 e. The van der Waals surface area contributed by atoms with Gasteiger partial charge in [0.05, 0.1) is 20.3 Å². The van der Waals surface area contributed by atoms with Crippen molar-refractivity contribution in [3.63, 3.8) is 0 Å². The Balaban J connectivity index is 2.27. The molecule has 0 saturated carbocycles. The molecule has 1 aromatic heterocycles. The van der Waals surface area contributed by atoms with E-state index in [-0.39, 0.29) is 0 Å². The van der Waals surface area contributed by atoms with E-state index in [1.165, 1.54) is 0 Å². The third-order valence-electron chi connectivity index (χ3n) is 2.79. The lowest BCUT2D eigenvalue weighted by atomic mass is 10.2. The Kier molecular flexibility index (Phi) is 4.42. The molecule has 1 N–H and O–H groups in total. The average molecular weight is 275 g/mol. The molecule has 0 amide bonds. The molecular formula is C15H17NO4. The van der Waals surface area contributed by atoms with Gasteiger partial charge in [0, 0.05) is 30.5 Å². The first kappa shape index (κ1) is 14.1. The maximum absolute atomic E-state index is 9.56. The van der Waals surface area contributed by atoms with Gasteiger partial charge >= 0.3 is 0 Å². The Morgan fingerprint density at radius 3 is 2.15 bits per heavy atom. The minimum absolute atomic E-state index is 0.402. The second kappa shape index (κ2) is 6.25. The van der Waals surface area contributed by atoms with Crippen LogP contribution in [0.3, 0.4) is 0 Å². The third kappa shape index (κ3) is 3.39. The highest BCUT2D eigenvalue weighted by molar-refractivity contribution is 5.43. The first-order chi connectivity index (χ1) is 9.62. The lowest BCUT2D eigenvalue weighted by molar-refractivity contribution is 0.198. The van der Waals surface area contributed by atoms with Gasteiger partial charge in [-0.05, 0) is 18.6 Å². The van der Waals surface area contributed by atoms with E-state index in [1.807, 2.05) is 0 Å². The summed E-state index contributed by atoms with van der Waals surface area (Å²) < 4.78 is 16.0. The van der Waals surface area contributed by atoms with E-state index in [0.29, 0.717) is 23.1 Å². The van der Waals surface area contributed by atoms with Crippen molar-refractivity contribution in [1.29, 1.82) is 0 Å². The molecule has 2 aromatic rings. The predicted molar refractivity (Wildman–Crippen MR) is 74.5 cm³/mol. The monoisotopic (exact) mass is 275 g/mol. The number of rotatable bonds is 5. The van der Waals surface area contributed by atoms with Crippen LogP contribution in [0.15, 0.2) is 36.5 Å². The molecule has 1 atom stereocenters. The largest absolute Gasteiger partial charge is 0.496 e. The van der Waals surface area contributed by atoms with Gasteiger partial charge in [0.1, 0.15) is 17.2 Å². The van der Waals surface area contributed by atoms with Crippen molar-refractivity contribution in [2.45, 2.75) is 13.0 Å². The van der Waals surface area contributed by atoms with Crippen LogP contribution in [0.1, 0.15) is 18.6 Å². The molecule has 5 nitrogen and oxygen atoms in total. The number of hydrogen-bond acceptors (Lipinski definition) is 5. The molecule has 1 aromatic carbocycles. The Labute approximate surface area is 117 Å². The van der Waals surface area contributed by atoms with Crippen molar-refractivity contribution in [2.75, 3.05) is 14.2 Å². The van der Waals surface area contributed by atoms with Crippen LogP contribution in [0.5, 0.6) is 23.1 Å². The molecular weight excluding hydrogens is 258 g/mol. The zero-order valence-corrected chi connectivity index (χ0v) is 11.7. The predicted octanol–water partition coefficient (Wildman–Crippen LogP) is 2.94. The Morgan fingerprint density at radius 1 is 1.00 bits per heavy atom. The fraction of sp³-hybridized carbons (Fsp3) is 0.267. The minimum atomic E-state index is -0.569. The zero-order valence-electron chi connectivity index (χ0n) is 11.7. The number of aliphatic hydroxyl groups excluding tert-OH is 1. The maximum Gasteiger partial charge on any atom is 0.219 e. The fourth-order valence-electron chi connectivity index (χ4n) is 1.70. The number of nitrogens with zero attached hydrogens (tertiary/aromatic N) is 1. The molecule has 1 heterocycles. The summed E-state index contributed by atoms with van der Waals surface area (Å²) in [6, 6.07) is 8.66. The maximum atomic E-state index is 9.56. The van der Waals surface area contributed by atoms with E-state index < -0.39 is 6.10 Å². The van der Waals surface area contributed by atoms with Crippen LogP contribution < -0.4 is 14.2 Å². The second-order valence-electron chi connectivity index (χ2n) is 4.25. The summed E-state index contributed by atoms with van der Waals surface area (Å²) in [6.45, 7) is 1.69. The second-order valence-corrected chi connectivity index (χ2v) is 4.25. The van der Waals surface area contributed by atoms with Gasteiger partial charge in [-0.3, -0.25) is 0 Å². The molecule has 0 aliphatic carbocycles. The van der Waals surface area contributed by atoms with E-state index in [0.717, 1.165) is 5.56 Å². The van der Waals surface area contributed by atoms with Crippen LogP contribution in [-0.2, 0) is 0 Å². The first-order valence-corrected chi connectivity index (χ1v) is 6.17. The summed E-state index contributed by atoms with van der Waals surface area (Å²) in [7, 11) is 3.15. The van der Waals surface area contributed by atoms with Crippen molar-refractivity contribution in [1.82, 2.24) is 4.98 Å². The third-order valence-corrected chi connectivity index (χ3v) is 2.79. The van der Waals surface area contributed by atoms with Crippen molar-refractivity contribution in [3.8, 4) is 23.1 Å². The Bertz CT molecular complexity index is 562. The molecule has 2 rings (SSSR count). The van der Waals surface area contributed by atoms with Crippen molar-refractivity contribution >= 4 is 0 Å². The molecule has 20 heavy (non-hydrogen) atoms. The molecule has 0 bridgehead atoms. The topological polar surface area (TPSA) is 60.8 Å². The Morgan fingerprint density at radius 2 is 1.60 bits per heavy atom. The van der Waals surface area contributed by atoms with Gasteiger partial charge in [-0.1, -0.05) is 0 Å². The molecule has 5 heteroatoms. The lowest BCUT2D eigenvalue weighted by Gasteiger charge is -2.10. The lowest BCUT2D eigenvalue weighted by Crippen LogP contribution is -1.95. The number of aliphatic hydroxyl groups is 1. The number of benzene rings is 1. The molecule has 1 unspecified atom stereocenters. The molecule has 0 aliphatic heterocycles. The molecule has 0 fully saturated rings. The normalized spacial score (nSPS) is 11.8. The van der Waals surface area contributed by atoms with Gasteiger partial charge < -0.3 is 19.3 Å². The quantitative estimate of drug-likeness (QED) is 0.909. The summed E-state index contributed by atoms with van der Waals surface area (Å²) in [5.41, 5.74) is 0.741. The highest BCUT2D eigenvalue weighted by Crippen LogP contribution is 2.30. The molecule has 106 valence electrons. The van der Waals surface area contributed by atoms with Gasteiger partial charge in [-0.15, -0.1) is 0 Å². The zero-order chi connectivity index (χ0) is 14.5. The Hall–Kier alpha value is -2.27. The van der Waals surface area contributed by atoms with Crippen LogP contribution in [0.4, 0.5) is 0 Å². The minimum Gasteiger partial charge on any atom is -0.496 e. The van der Waals surface area contributed by atoms with Gasteiger partial charge in [0.25, 0.3) is 0 Å². The van der Waals surface area contributed by atoms with Crippen LogP contribution in [0.25, 0.3) is 0 Å². The van der Waals surface area contributed by atoms with Crippen LogP contribution in [0, 0.1) is 0 Å². The van der Waals surface area contributed by atoms with E-state index in [1.54, 1.807) is 57.7 Å². The number of pyridine rings is 1. The average Bonchev–Trinajstić information content (AvgIpc) is 2.47. The standard InChI is InChI=1S/C15H17NO4/c1-10(17)11-4-5-16-15(6-11)20-14-8-12(18-2)7-13(9-14)19-3/h4-10,17H,1-3H3. The summed E-state index contributed by atoms with van der Waals surface area (Å²) in [5.74, 6) is 2.22. The van der Waals surface area contributed by atoms with Crippen molar-refractivity contribution in [3.05, 3.63) is 42.1 Å².